The first-order valence-electron chi connectivity index (χ1n) is 11.6. The molecule has 2 heterocycles. The first kappa shape index (κ1) is 22.5. The third-order valence-corrected chi connectivity index (χ3v) is 6.95. The molecule has 0 spiro atoms. The molecule has 2 aliphatic rings. The van der Waals surface area contributed by atoms with Crippen LogP contribution in [0.5, 0.6) is 0 Å². The average Bonchev–Trinajstić information content (AvgIpc) is 3.51. The number of amides is 2. The zero-order chi connectivity index (χ0) is 22.7. The highest BCUT2D eigenvalue weighted by molar-refractivity contribution is 5.99. The first-order valence-corrected chi connectivity index (χ1v) is 11.6. The zero-order valence-corrected chi connectivity index (χ0v) is 19.4. The summed E-state index contributed by atoms with van der Waals surface area (Å²) in [7, 11) is 4.10. The molecule has 2 aromatic rings. The molecule has 1 aliphatic carbocycles. The molecule has 0 saturated heterocycles. The largest absolute Gasteiger partial charge is 0.355 e. The molecule has 32 heavy (non-hydrogen) atoms. The molecule has 2 unspecified atom stereocenters. The van der Waals surface area contributed by atoms with Crippen LogP contribution in [0.25, 0.3) is 0 Å². The third kappa shape index (κ3) is 5.54. The van der Waals surface area contributed by atoms with E-state index in [-0.39, 0.29) is 23.8 Å². The molecule has 1 aromatic heterocycles. The van der Waals surface area contributed by atoms with Crippen molar-refractivity contribution in [2.24, 2.45) is 5.92 Å². The molecule has 1 fully saturated rings. The quantitative estimate of drug-likeness (QED) is 0.601. The van der Waals surface area contributed by atoms with Gasteiger partial charge in [-0.05, 0) is 80.1 Å². The van der Waals surface area contributed by atoms with Gasteiger partial charge in [-0.3, -0.25) is 14.6 Å². The van der Waals surface area contributed by atoms with Crippen molar-refractivity contribution in [3.05, 3.63) is 58.9 Å². The molecule has 4 rings (SSSR count). The second kappa shape index (κ2) is 9.82. The molecule has 1 saturated carbocycles. The molecular formula is C26H34N4O2. The van der Waals surface area contributed by atoms with Gasteiger partial charge in [-0.2, -0.15) is 0 Å². The summed E-state index contributed by atoms with van der Waals surface area (Å²) in [6.07, 6.45) is 9.10. The Morgan fingerprint density at radius 1 is 1.28 bits per heavy atom. The normalized spacial score (nSPS) is 17.1. The van der Waals surface area contributed by atoms with Crippen LogP contribution < -0.4 is 10.6 Å². The number of carbonyl (C=O) groups is 2. The number of anilines is 1. The summed E-state index contributed by atoms with van der Waals surface area (Å²) >= 11 is 0. The van der Waals surface area contributed by atoms with Crippen molar-refractivity contribution >= 4 is 17.5 Å². The third-order valence-electron chi connectivity index (χ3n) is 6.95. The molecule has 1 aliphatic heterocycles. The molecular weight excluding hydrogens is 400 g/mol. The van der Waals surface area contributed by atoms with E-state index < -0.39 is 0 Å². The highest BCUT2D eigenvalue weighted by Crippen LogP contribution is 2.39. The number of aromatic nitrogens is 1. The number of nitrogens with zero attached hydrogens (tertiary/aromatic N) is 2. The van der Waals surface area contributed by atoms with E-state index in [2.05, 4.69) is 53.7 Å². The van der Waals surface area contributed by atoms with Gasteiger partial charge in [-0.25, -0.2) is 0 Å². The van der Waals surface area contributed by atoms with Gasteiger partial charge in [0, 0.05) is 37.1 Å². The Bertz CT molecular complexity index is 969. The van der Waals surface area contributed by atoms with E-state index in [1.54, 1.807) is 6.20 Å². The van der Waals surface area contributed by atoms with Crippen LogP contribution in [-0.4, -0.2) is 48.4 Å². The summed E-state index contributed by atoms with van der Waals surface area (Å²) in [4.78, 5) is 31.1. The number of hydrogen-bond acceptors (Lipinski definition) is 4. The lowest BCUT2D eigenvalue weighted by atomic mass is 9.91. The van der Waals surface area contributed by atoms with Gasteiger partial charge < -0.3 is 15.5 Å². The van der Waals surface area contributed by atoms with Gasteiger partial charge in [0.1, 0.15) is 0 Å². The van der Waals surface area contributed by atoms with Crippen molar-refractivity contribution in [1.29, 1.82) is 0 Å². The van der Waals surface area contributed by atoms with Crippen molar-refractivity contribution < 1.29 is 9.59 Å². The van der Waals surface area contributed by atoms with Crippen molar-refractivity contribution in [1.82, 2.24) is 15.2 Å². The predicted octanol–water partition coefficient (Wildman–Crippen LogP) is 3.45. The smallest absolute Gasteiger partial charge is 0.228 e. The van der Waals surface area contributed by atoms with E-state index >= 15 is 0 Å². The zero-order valence-electron chi connectivity index (χ0n) is 19.4. The van der Waals surface area contributed by atoms with E-state index in [1.165, 1.54) is 24.0 Å². The van der Waals surface area contributed by atoms with Crippen LogP contribution >= 0.6 is 0 Å². The summed E-state index contributed by atoms with van der Waals surface area (Å²) in [6, 6.07) is 8.33. The maximum absolute atomic E-state index is 12.9. The van der Waals surface area contributed by atoms with Crippen molar-refractivity contribution in [2.75, 3.05) is 26.0 Å². The first-order chi connectivity index (χ1) is 15.4. The molecule has 2 atom stereocenters. The number of carbonyl (C=O) groups excluding carboxylic acids is 2. The Labute approximate surface area is 190 Å². The molecule has 2 N–H and O–H groups in total. The van der Waals surface area contributed by atoms with Gasteiger partial charge in [-0.1, -0.05) is 25.0 Å². The van der Waals surface area contributed by atoms with Crippen LogP contribution in [0.2, 0.25) is 0 Å². The summed E-state index contributed by atoms with van der Waals surface area (Å²) < 4.78 is 0. The second-order valence-electron chi connectivity index (χ2n) is 9.59. The average molecular weight is 435 g/mol. The van der Waals surface area contributed by atoms with Crippen molar-refractivity contribution in [3.63, 3.8) is 0 Å². The van der Waals surface area contributed by atoms with Gasteiger partial charge in [0.2, 0.25) is 11.8 Å². The van der Waals surface area contributed by atoms with Crippen LogP contribution in [-0.2, 0) is 22.4 Å². The number of likely N-dealkylation sites (N-methyl/N-ethyl adjacent to an activating group) is 1. The lowest BCUT2D eigenvalue weighted by molar-refractivity contribution is -0.121. The second-order valence-corrected chi connectivity index (χ2v) is 9.59. The maximum Gasteiger partial charge on any atom is 0.228 e. The number of rotatable bonds is 10. The summed E-state index contributed by atoms with van der Waals surface area (Å²) in [6.45, 7) is 2.69. The summed E-state index contributed by atoms with van der Waals surface area (Å²) in [5.74, 6) is 1.16. The standard InChI is InChI=1S/C26H34N4O2/c1-17-19(8-9-24-23(17)14-26(32)29-24)12-22(30(2)3)16-28-25(31)13-21(11-18-6-7-18)20-5-4-10-27-15-20/h4-5,8-10,15,18,21-22H,6-7,11-14,16H2,1-3H3,(H,28,31)(H,29,32). The van der Waals surface area contributed by atoms with E-state index in [4.69, 9.17) is 0 Å². The summed E-state index contributed by atoms with van der Waals surface area (Å²) in [5.41, 5.74) is 5.61. The maximum atomic E-state index is 12.9. The molecule has 6 nitrogen and oxygen atoms in total. The van der Waals surface area contributed by atoms with E-state index in [0.29, 0.717) is 19.4 Å². The molecule has 0 radical (unpaired) electrons. The van der Waals surface area contributed by atoms with Crippen LogP contribution in [0.4, 0.5) is 5.69 Å². The van der Waals surface area contributed by atoms with Gasteiger partial charge >= 0.3 is 0 Å². The van der Waals surface area contributed by atoms with Crippen LogP contribution in [0.15, 0.2) is 36.7 Å². The monoisotopic (exact) mass is 434 g/mol. The Morgan fingerprint density at radius 2 is 2.09 bits per heavy atom. The molecule has 1 aromatic carbocycles. The number of hydrogen-bond donors (Lipinski definition) is 2. The van der Waals surface area contributed by atoms with Crippen molar-refractivity contribution in [3.8, 4) is 0 Å². The number of nitrogens with one attached hydrogen (secondary N) is 2. The fourth-order valence-electron chi connectivity index (χ4n) is 4.66. The lowest BCUT2D eigenvalue weighted by Gasteiger charge is -2.26. The fraction of sp³-hybridized carbons (Fsp3) is 0.500. The predicted molar refractivity (Wildman–Crippen MR) is 127 cm³/mol. The van der Waals surface area contributed by atoms with Gasteiger partial charge in [0.05, 0.1) is 6.42 Å². The molecule has 0 bridgehead atoms. The SMILES string of the molecule is Cc1c(CC(CNC(=O)CC(CC2CC2)c2cccnc2)N(C)C)ccc2c1CC(=O)N2. The molecule has 2 amide bonds. The Kier molecular flexibility index (Phi) is 6.89. The number of fused-ring (bicyclic) bond motifs is 1. The minimum absolute atomic E-state index is 0.0611. The fourth-order valence-corrected chi connectivity index (χ4v) is 4.66. The minimum atomic E-state index is 0.0611. The van der Waals surface area contributed by atoms with Crippen molar-refractivity contribution in [2.45, 2.75) is 57.4 Å². The summed E-state index contributed by atoms with van der Waals surface area (Å²) in [5, 5.41) is 6.11. The Morgan fingerprint density at radius 3 is 2.78 bits per heavy atom. The van der Waals surface area contributed by atoms with E-state index in [9.17, 15) is 9.59 Å². The van der Waals surface area contributed by atoms with E-state index in [1.807, 2.05) is 18.3 Å². The Hall–Kier alpha value is -2.73. The number of pyridine rings is 1. The highest BCUT2D eigenvalue weighted by atomic mass is 16.2. The molecule has 6 heteroatoms. The van der Waals surface area contributed by atoms with Gasteiger partial charge in [0.15, 0.2) is 0 Å². The highest BCUT2D eigenvalue weighted by Gasteiger charge is 2.28. The van der Waals surface area contributed by atoms with Gasteiger partial charge in [-0.15, -0.1) is 0 Å². The van der Waals surface area contributed by atoms with Crippen LogP contribution in [0, 0.1) is 12.8 Å². The molecule has 170 valence electrons. The van der Waals surface area contributed by atoms with Gasteiger partial charge in [0.25, 0.3) is 0 Å². The minimum Gasteiger partial charge on any atom is -0.355 e. The van der Waals surface area contributed by atoms with Crippen LogP contribution in [0.1, 0.15) is 53.9 Å². The van der Waals surface area contributed by atoms with E-state index in [0.717, 1.165) is 35.6 Å². The lowest BCUT2D eigenvalue weighted by Crippen LogP contribution is -2.42. The number of benzene rings is 1. The Balaban J connectivity index is 1.37. The topological polar surface area (TPSA) is 74.3 Å². The van der Waals surface area contributed by atoms with Crippen LogP contribution in [0.3, 0.4) is 0 Å².